The number of nitrogens with zero attached hydrogens (tertiary/aromatic N) is 1. The maximum atomic E-state index is 11.5. The molecule has 4 nitrogen and oxygen atoms in total. The molecule has 2 rings (SSSR count). The SMILES string of the molecule is CC(C)Cn1ccc2cc(NC(=O)CCN)ccc21.Cl. The number of amides is 1. The highest BCUT2D eigenvalue weighted by atomic mass is 35.5. The van der Waals surface area contributed by atoms with E-state index in [4.69, 9.17) is 5.73 Å². The number of carbonyl (C=O) groups is 1. The molecule has 0 radical (unpaired) electrons. The minimum atomic E-state index is -0.0385. The number of nitrogens with one attached hydrogen (secondary N) is 1. The third-order valence-electron chi connectivity index (χ3n) is 2.99. The minimum Gasteiger partial charge on any atom is -0.347 e. The van der Waals surface area contributed by atoms with Crippen LogP contribution in [0.5, 0.6) is 0 Å². The summed E-state index contributed by atoms with van der Waals surface area (Å²) in [5.41, 5.74) is 7.39. The molecule has 0 aliphatic heterocycles. The number of nitrogens with two attached hydrogens (primary N) is 1. The Kier molecular flexibility index (Phi) is 6.05. The van der Waals surface area contributed by atoms with Crippen LogP contribution in [0.3, 0.4) is 0 Å². The lowest BCUT2D eigenvalue weighted by atomic mass is 10.2. The number of halogens is 1. The topological polar surface area (TPSA) is 60.0 Å². The van der Waals surface area contributed by atoms with Gasteiger partial charge in [-0.2, -0.15) is 0 Å². The van der Waals surface area contributed by atoms with Crippen molar-refractivity contribution in [1.29, 1.82) is 0 Å². The van der Waals surface area contributed by atoms with E-state index in [1.165, 1.54) is 5.52 Å². The second kappa shape index (κ2) is 7.31. The first-order valence-corrected chi connectivity index (χ1v) is 6.69. The van der Waals surface area contributed by atoms with Gasteiger partial charge in [0.05, 0.1) is 0 Å². The van der Waals surface area contributed by atoms with Crippen LogP contribution in [0.25, 0.3) is 10.9 Å². The summed E-state index contributed by atoms with van der Waals surface area (Å²) in [6, 6.07) is 8.07. The largest absolute Gasteiger partial charge is 0.347 e. The van der Waals surface area contributed by atoms with Crippen LogP contribution in [0.2, 0.25) is 0 Å². The first-order chi connectivity index (χ1) is 9.10. The normalized spacial score (nSPS) is 10.6. The molecule has 0 saturated heterocycles. The molecule has 2 aromatic rings. The van der Waals surface area contributed by atoms with Gasteiger partial charge in [0.25, 0.3) is 0 Å². The van der Waals surface area contributed by atoms with Gasteiger partial charge in [-0.25, -0.2) is 0 Å². The molecule has 3 N–H and O–H groups in total. The predicted octanol–water partition coefficient (Wildman–Crippen LogP) is 3.01. The van der Waals surface area contributed by atoms with Gasteiger partial charge in [-0.15, -0.1) is 12.4 Å². The summed E-state index contributed by atoms with van der Waals surface area (Å²) >= 11 is 0. The molecule has 1 aromatic heterocycles. The van der Waals surface area contributed by atoms with Gasteiger partial charge < -0.3 is 15.6 Å². The van der Waals surface area contributed by atoms with Crippen molar-refractivity contribution >= 4 is 34.9 Å². The highest BCUT2D eigenvalue weighted by Crippen LogP contribution is 2.21. The summed E-state index contributed by atoms with van der Waals surface area (Å²) in [5, 5.41) is 4.00. The molecule has 0 aliphatic carbocycles. The molecule has 0 unspecified atom stereocenters. The number of carbonyl (C=O) groups excluding carboxylic acids is 1. The zero-order chi connectivity index (χ0) is 13.8. The van der Waals surface area contributed by atoms with E-state index in [9.17, 15) is 4.79 Å². The van der Waals surface area contributed by atoms with Gasteiger partial charge in [-0.3, -0.25) is 4.79 Å². The lowest BCUT2D eigenvalue weighted by Crippen LogP contribution is -2.16. The fraction of sp³-hybridized carbons (Fsp3) is 0.400. The van der Waals surface area contributed by atoms with Gasteiger partial charge in [-0.05, 0) is 30.2 Å². The molecule has 0 spiro atoms. The summed E-state index contributed by atoms with van der Waals surface area (Å²) in [5.74, 6) is 0.572. The number of aromatic nitrogens is 1. The maximum Gasteiger partial charge on any atom is 0.225 e. The van der Waals surface area contributed by atoms with Gasteiger partial charge >= 0.3 is 0 Å². The first-order valence-electron chi connectivity index (χ1n) is 6.69. The van der Waals surface area contributed by atoms with Crippen LogP contribution >= 0.6 is 12.4 Å². The number of fused-ring (bicyclic) bond motifs is 1. The fourth-order valence-electron chi connectivity index (χ4n) is 2.19. The standard InChI is InChI=1S/C15H21N3O.ClH/c1-11(2)10-18-8-6-12-9-13(3-4-14(12)18)17-15(19)5-7-16;/h3-4,6,8-9,11H,5,7,10,16H2,1-2H3,(H,17,19);1H. The summed E-state index contributed by atoms with van der Waals surface area (Å²) in [4.78, 5) is 11.5. The van der Waals surface area contributed by atoms with Crippen molar-refractivity contribution in [2.75, 3.05) is 11.9 Å². The molecular formula is C15H22ClN3O. The molecule has 1 heterocycles. The van der Waals surface area contributed by atoms with Crippen LogP contribution in [0.1, 0.15) is 20.3 Å². The number of anilines is 1. The lowest BCUT2D eigenvalue weighted by Gasteiger charge is -2.09. The number of hydrogen-bond donors (Lipinski definition) is 2. The Bertz CT molecular complexity index is 578. The number of benzene rings is 1. The van der Waals surface area contributed by atoms with Crippen LogP contribution in [0, 0.1) is 5.92 Å². The van der Waals surface area contributed by atoms with E-state index in [0.717, 1.165) is 17.6 Å². The van der Waals surface area contributed by atoms with E-state index < -0.39 is 0 Å². The van der Waals surface area contributed by atoms with E-state index in [0.29, 0.717) is 18.9 Å². The highest BCUT2D eigenvalue weighted by molar-refractivity contribution is 5.94. The Balaban J connectivity index is 0.00000200. The van der Waals surface area contributed by atoms with Crippen molar-refractivity contribution in [3.05, 3.63) is 30.5 Å². The van der Waals surface area contributed by atoms with Gasteiger partial charge in [0.1, 0.15) is 0 Å². The molecule has 20 heavy (non-hydrogen) atoms. The van der Waals surface area contributed by atoms with E-state index in [2.05, 4.69) is 42.1 Å². The summed E-state index contributed by atoms with van der Waals surface area (Å²) in [7, 11) is 0. The van der Waals surface area contributed by atoms with Crippen molar-refractivity contribution in [1.82, 2.24) is 4.57 Å². The van der Waals surface area contributed by atoms with E-state index in [-0.39, 0.29) is 18.3 Å². The summed E-state index contributed by atoms with van der Waals surface area (Å²) < 4.78 is 2.24. The van der Waals surface area contributed by atoms with Gasteiger partial charge in [-0.1, -0.05) is 13.8 Å². The van der Waals surface area contributed by atoms with Crippen molar-refractivity contribution in [2.45, 2.75) is 26.8 Å². The summed E-state index contributed by atoms with van der Waals surface area (Å²) in [6.45, 7) is 5.78. The third kappa shape index (κ3) is 3.99. The fourth-order valence-corrected chi connectivity index (χ4v) is 2.19. The molecule has 1 aromatic carbocycles. The number of rotatable bonds is 5. The van der Waals surface area contributed by atoms with Crippen LogP contribution < -0.4 is 11.1 Å². The Labute approximate surface area is 125 Å². The van der Waals surface area contributed by atoms with Gasteiger partial charge in [0, 0.05) is 42.3 Å². The summed E-state index contributed by atoms with van der Waals surface area (Å²) in [6.07, 6.45) is 2.45. The highest BCUT2D eigenvalue weighted by Gasteiger charge is 2.05. The average molecular weight is 296 g/mol. The van der Waals surface area contributed by atoms with E-state index in [1.807, 2.05) is 12.1 Å². The molecule has 1 amide bonds. The third-order valence-corrected chi connectivity index (χ3v) is 2.99. The van der Waals surface area contributed by atoms with Crippen molar-refractivity contribution < 1.29 is 4.79 Å². The van der Waals surface area contributed by atoms with Crippen LogP contribution in [0.15, 0.2) is 30.5 Å². The van der Waals surface area contributed by atoms with Gasteiger partial charge in [0.15, 0.2) is 0 Å². The molecule has 0 fully saturated rings. The van der Waals surface area contributed by atoms with Crippen molar-refractivity contribution in [3.8, 4) is 0 Å². The molecule has 0 saturated carbocycles. The lowest BCUT2D eigenvalue weighted by molar-refractivity contribution is -0.116. The second-order valence-corrected chi connectivity index (χ2v) is 5.22. The first kappa shape index (κ1) is 16.5. The molecule has 0 aliphatic rings. The second-order valence-electron chi connectivity index (χ2n) is 5.22. The Hall–Kier alpha value is -1.52. The average Bonchev–Trinajstić information content (AvgIpc) is 2.71. The van der Waals surface area contributed by atoms with Crippen molar-refractivity contribution in [3.63, 3.8) is 0 Å². The van der Waals surface area contributed by atoms with E-state index in [1.54, 1.807) is 0 Å². The van der Waals surface area contributed by atoms with Gasteiger partial charge in [0.2, 0.25) is 5.91 Å². The molecule has 5 heteroatoms. The van der Waals surface area contributed by atoms with Crippen LogP contribution in [-0.4, -0.2) is 17.0 Å². The maximum absolute atomic E-state index is 11.5. The zero-order valence-corrected chi connectivity index (χ0v) is 12.7. The predicted molar refractivity (Wildman–Crippen MR) is 86.3 cm³/mol. The van der Waals surface area contributed by atoms with Crippen LogP contribution in [-0.2, 0) is 11.3 Å². The Morgan fingerprint density at radius 3 is 2.75 bits per heavy atom. The Morgan fingerprint density at radius 2 is 2.10 bits per heavy atom. The van der Waals surface area contributed by atoms with E-state index >= 15 is 0 Å². The molecule has 0 bridgehead atoms. The monoisotopic (exact) mass is 295 g/mol. The molecular weight excluding hydrogens is 274 g/mol. The smallest absolute Gasteiger partial charge is 0.225 e. The quantitative estimate of drug-likeness (QED) is 0.891. The Morgan fingerprint density at radius 1 is 1.35 bits per heavy atom. The number of hydrogen-bond acceptors (Lipinski definition) is 2. The minimum absolute atomic E-state index is 0. The van der Waals surface area contributed by atoms with Crippen molar-refractivity contribution in [2.24, 2.45) is 11.7 Å². The van der Waals surface area contributed by atoms with Crippen LogP contribution in [0.4, 0.5) is 5.69 Å². The molecule has 0 atom stereocenters. The zero-order valence-electron chi connectivity index (χ0n) is 11.9. The molecule has 110 valence electrons.